The maximum Gasteiger partial charge on any atom is 0.138 e. The maximum atomic E-state index is 5.53. The van der Waals surface area contributed by atoms with E-state index in [9.17, 15) is 0 Å². The summed E-state index contributed by atoms with van der Waals surface area (Å²) in [5.41, 5.74) is 10.1. The molecule has 0 fully saturated rings. The van der Waals surface area contributed by atoms with Gasteiger partial charge < -0.3 is 10.7 Å². The van der Waals surface area contributed by atoms with Gasteiger partial charge in [-0.3, -0.25) is 0 Å². The highest BCUT2D eigenvalue weighted by atomic mass is 14.9. The Labute approximate surface area is 118 Å². The summed E-state index contributed by atoms with van der Waals surface area (Å²) in [5, 5.41) is 0. The fraction of sp³-hybridized carbons (Fsp3) is 0.235. The van der Waals surface area contributed by atoms with Crippen LogP contribution in [-0.4, -0.2) is 16.5 Å². The summed E-state index contributed by atoms with van der Waals surface area (Å²) < 4.78 is 0. The normalized spacial score (nSPS) is 11.1. The standard InChI is InChI=1S/C17H19N3/c18-11-5-4-6-13-9-10-15-16(12-13)20-17(19-15)14-7-2-1-3-8-14/h1-3,7-10,12H,4-6,11,18H2,(H,19,20). The molecule has 0 saturated heterocycles. The van der Waals surface area contributed by atoms with Crippen molar-refractivity contribution in [2.75, 3.05) is 6.54 Å². The Hall–Kier alpha value is -2.13. The number of hydrogen-bond donors (Lipinski definition) is 2. The van der Waals surface area contributed by atoms with E-state index < -0.39 is 0 Å². The third-order valence-corrected chi connectivity index (χ3v) is 3.51. The Morgan fingerprint density at radius 2 is 1.85 bits per heavy atom. The molecule has 0 bridgehead atoms. The molecule has 0 unspecified atom stereocenters. The first kappa shape index (κ1) is 12.9. The van der Waals surface area contributed by atoms with Crippen molar-refractivity contribution in [2.24, 2.45) is 5.73 Å². The SMILES string of the molecule is NCCCCc1ccc2nc(-c3ccccc3)[nH]c2c1. The van der Waals surface area contributed by atoms with Gasteiger partial charge in [0.05, 0.1) is 11.0 Å². The van der Waals surface area contributed by atoms with Gasteiger partial charge in [0.1, 0.15) is 5.82 Å². The van der Waals surface area contributed by atoms with Crippen molar-refractivity contribution in [2.45, 2.75) is 19.3 Å². The summed E-state index contributed by atoms with van der Waals surface area (Å²) in [6, 6.07) is 16.7. The van der Waals surface area contributed by atoms with Gasteiger partial charge in [0, 0.05) is 5.56 Å². The summed E-state index contributed by atoms with van der Waals surface area (Å²) in [6.45, 7) is 0.768. The van der Waals surface area contributed by atoms with E-state index in [1.165, 1.54) is 5.56 Å². The average molecular weight is 265 g/mol. The van der Waals surface area contributed by atoms with Gasteiger partial charge in [-0.15, -0.1) is 0 Å². The van der Waals surface area contributed by atoms with E-state index in [0.29, 0.717) is 0 Å². The van der Waals surface area contributed by atoms with Crippen LogP contribution in [0.1, 0.15) is 18.4 Å². The Balaban J connectivity index is 1.88. The number of rotatable bonds is 5. The fourth-order valence-electron chi connectivity index (χ4n) is 2.42. The largest absolute Gasteiger partial charge is 0.338 e. The van der Waals surface area contributed by atoms with Gasteiger partial charge in [0.25, 0.3) is 0 Å². The minimum absolute atomic E-state index is 0.768. The zero-order valence-corrected chi connectivity index (χ0v) is 11.5. The molecule has 3 rings (SSSR count). The predicted octanol–water partition coefficient (Wildman–Crippen LogP) is 3.51. The summed E-state index contributed by atoms with van der Waals surface area (Å²) >= 11 is 0. The second-order valence-corrected chi connectivity index (χ2v) is 5.05. The van der Waals surface area contributed by atoms with Gasteiger partial charge in [-0.1, -0.05) is 36.4 Å². The summed E-state index contributed by atoms with van der Waals surface area (Å²) in [7, 11) is 0. The van der Waals surface area contributed by atoms with Crippen LogP contribution >= 0.6 is 0 Å². The summed E-state index contributed by atoms with van der Waals surface area (Å²) in [4.78, 5) is 8.05. The number of nitrogens with one attached hydrogen (secondary N) is 1. The van der Waals surface area contributed by atoms with Crippen molar-refractivity contribution < 1.29 is 0 Å². The van der Waals surface area contributed by atoms with Crippen LogP contribution in [0.4, 0.5) is 0 Å². The molecule has 1 heterocycles. The number of nitrogens with two attached hydrogens (primary N) is 1. The Morgan fingerprint density at radius 1 is 1.00 bits per heavy atom. The minimum atomic E-state index is 0.768. The lowest BCUT2D eigenvalue weighted by atomic mass is 10.1. The first-order valence-corrected chi connectivity index (χ1v) is 7.11. The van der Waals surface area contributed by atoms with Crippen molar-refractivity contribution in [1.29, 1.82) is 0 Å². The lowest BCUT2D eigenvalue weighted by Gasteiger charge is -2.00. The topological polar surface area (TPSA) is 54.7 Å². The van der Waals surface area contributed by atoms with Crippen LogP contribution in [0.2, 0.25) is 0 Å². The summed E-state index contributed by atoms with van der Waals surface area (Å²) in [6.07, 6.45) is 3.30. The molecule has 0 amide bonds. The van der Waals surface area contributed by atoms with E-state index in [1.807, 2.05) is 18.2 Å². The van der Waals surface area contributed by atoms with Crippen molar-refractivity contribution in [3.05, 3.63) is 54.1 Å². The highest BCUT2D eigenvalue weighted by molar-refractivity contribution is 5.80. The van der Waals surface area contributed by atoms with E-state index >= 15 is 0 Å². The molecule has 3 heteroatoms. The van der Waals surface area contributed by atoms with Crippen LogP contribution in [0.25, 0.3) is 22.4 Å². The van der Waals surface area contributed by atoms with Crippen LogP contribution in [0.5, 0.6) is 0 Å². The molecule has 3 nitrogen and oxygen atoms in total. The maximum absolute atomic E-state index is 5.53. The first-order valence-electron chi connectivity index (χ1n) is 7.11. The number of aromatic amines is 1. The van der Waals surface area contributed by atoms with Gasteiger partial charge in [-0.2, -0.15) is 0 Å². The number of hydrogen-bond acceptors (Lipinski definition) is 2. The number of aryl methyl sites for hydroxylation is 1. The van der Waals surface area contributed by atoms with E-state index in [0.717, 1.165) is 48.2 Å². The van der Waals surface area contributed by atoms with Gasteiger partial charge in [0.15, 0.2) is 0 Å². The third-order valence-electron chi connectivity index (χ3n) is 3.51. The monoisotopic (exact) mass is 265 g/mol. The number of unbranched alkanes of at least 4 members (excludes halogenated alkanes) is 1. The number of H-pyrrole nitrogens is 1. The van der Waals surface area contributed by atoms with Gasteiger partial charge in [0.2, 0.25) is 0 Å². The minimum Gasteiger partial charge on any atom is -0.338 e. The predicted molar refractivity (Wildman–Crippen MR) is 83.5 cm³/mol. The Morgan fingerprint density at radius 3 is 2.65 bits per heavy atom. The van der Waals surface area contributed by atoms with Crippen LogP contribution < -0.4 is 5.73 Å². The molecule has 0 aliphatic rings. The quantitative estimate of drug-likeness (QED) is 0.694. The molecule has 20 heavy (non-hydrogen) atoms. The van der Waals surface area contributed by atoms with E-state index in [2.05, 4.69) is 40.3 Å². The lowest BCUT2D eigenvalue weighted by Crippen LogP contribution is -1.98. The van der Waals surface area contributed by atoms with Gasteiger partial charge in [-0.25, -0.2) is 4.98 Å². The number of fused-ring (bicyclic) bond motifs is 1. The van der Waals surface area contributed by atoms with Gasteiger partial charge in [-0.05, 0) is 43.5 Å². The Bertz CT molecular complexity index is 686. The molecular weight excluding hydrogens is 246 g/mol. The van der Waals surface area contributed by atoms with Gasteiger partial charge >= 0.3 is 0 Å². The molecular formula is C17H19N3. The number of nitrogens with zero attached hydrogens (tertiary/aromatic N) is 1. The van der Waals surface area contributed by atoms with Crippen molar-refractivity contribution in [1.82, 2.24) is 9.97 Å². The molecule has 0 spiro atoms. The molecule has 3 aromatic rings. The van der Waals surface area contributed by atoms with Crippen LogP contribution in [0.3, 0.4) is 0 Å². The number of benzene rings is 2. The third kappa shape index (κ3) is 2.73. The molecule has 0 atom stereocenters. The average Bonchev–Trinajstić information content (AvgIpc) is 2.92. The Kier molecular flexibility index (Phi) is 3.79. The van der Waals surface area contributed by atoms with Crippen LogP contribution in [0.15, 0.2) is 48.5 Å². The zero-order chi connectivity index (χ0) is 13.8. The van der Waals surface area contributed by atoms with Crippen molar-refractivity contribution in [3.63, 3.8) is 0 Å². The second-order valence-electron chi connectivity index (χ2n) is 5.05. The zero-order valence-electron chi connectivity index (χ0n) is 11.5. The number of imidazole rings is 1. The molecule has 0 aliphatic heterocycles. The molecule has 0 aliphatic carbocycles. The van der Waals surface area contributed by atoms with E-state index in [4.69, 9.17) is 5.73 Å². The fourth-order valence-corrected chi connectivity index (χ4v) is 2.42. The van der Waals surface area contributed by atoms with Crippen molar-refractivity contribution >= 4 is 11.0 Å². The smallest absolute Gasteiger partial charge is 0.138 e. The number of aromatic nitrogens is 2. The first-order chi connectivity index (χ1) is 9.86. The molecule has 2 aromatic carbocycles. The molecule has 3 N–H and O–H groups in total. The van der Waals surface area contributed by atoms with Crippen molar-refractivity contribution in [3.8, 4) is 11.4 Å². The highest BCUT2D eigenvalue weighted by Gasteiger charge is 2.05. The van der Waals surface area contributed by atoms with Crippen LogP contribution in [0, 0.1) is 0 Å². The second kappa shape index (κ2) is 5.88. The van der Waals surface area contributed by atoms with E-state index in [1.54, 1.807) is 0 Å². The highest BCUT2D eigenvalue weighted by Crippen LogP contribution is 2.21. The lowest BCUT2D eigenvalue weighted by molar-refractivity contribution is 0.745. The van der Waals surface area contributed by atoms with E-state index in [-0.39, 0.29) is 0 Å². The molecule has 0 saturated carbocycles. The molecule has 1 aromatic heterocycles. The molecule has 0 radical (unpaired) electrons. The molecule has 102 valence electrons. The summed E-state index contributed by atoms with van der Waals surface area (Å²) in [5.74, 6) is 0.930. The van der Waals surface area contributed by atoms with Crippen LogP contribution in [-0.2, 0) is 6.42 Å².